The molecule has 0 saturated heterocycles. The first-order valence-electron chi connectivity index (χ1n) is 5.27. The number of aromatic carboxylic acids is 1. The molecule has 0 fully saturated rings. The summed E-state index contributed by atoms with van der Waals surface area (Å²) in [5, 5.41) is 8.39. The van der Waals surface area contributed by atoms with E-state index in [9.17, 15) is 21.6 Å². The predicted molar refractivity (Wildman–Crippen MR) is 70.5 cm³/mol. The standard InChI is InChI=1S/C11H8O8S2/c12-11(13)6-4-8-7(10(5-6)21(17,18)19)2-1-3-9(8)20(14,15)16/h1-5H,(H,12,13)(H,14,15,16)(H,17,18,19). The maximum absolute atomic E-state index is 11.3. The molecule has 2 aromatic rings. The lowest BCUT2D eigenvalue weighted by Gasteiger charge is -2.09. The summed E-state index contributed by atoms with van der Waals surface area (Å²) >= 11 is 0. The summed E-state index contributed by atoms with van der Waals surface area (Å²) in [6.07, 6.45) is 0. The van der Waals surface area contributed by atoms with Gasteiger partial charge in [-0.05, 0) is 18.2 Å². The zero-order valence-electron chi connectivity index (χ0n) is 10.1. The van der Waals surface area contributed by atoms with E-state index in [1.165, 1.54) is 6.07 Å². The molecule has 0 aliphatic rings. The van der Waals surface area contributed by atoms with Gasteiger partial charge in [0.2, 0.25) is 0 Å². The molecule has 0 aliphatic carbocycles. The number of rotatable bonds is 3. The van der Waals surface area contributed by atoms with Crippen LogP contribution in [0.15, 0.2) is 40.1 Å². The second kappa shape index (κ2) is 4.77. The number of carboxylic acid groups (broad SMARTS) is 1. The van der Waals surface area contributed by atoms with Gasteiger partial charge in [-0.2, -0.15) is 16.8 Å². The van der Waals surface area contributed by atoms with Crippen molar-refractivity contribution in [1.82, 2.24) is 0 Å². The van der Waals surface area contributed by atoms with Crippen LogP contribution >= 0.6 is 0 Å². The zero-order valence-corrected chi connectivity index (χ0v) is 11.7. The maximum atomic E-state index is 11.3. The smallest absolute Gasteiger partial charge is 0.335 e. The average molecular weight is 332 g/mol. The number of carbonyl (C=O) groups is 1. The fourth-order valence-corrected chi connectivity index (χ4v) is 3.31. The minimum Gasteiger partial charge on any atom is -0.478 e. The molecule has 2 rings (SSSR count). The van der Waals surface area contributed by atoms with Crippen LogP contribution in [-0.4, -0.2) is 37.0 Å². The van der Waals surface area contributed by atoms with Crippen LogP contribution in [0, 0.1) is 0 Å². The molecule has 0 spiro atoms. The van der Waals surface area contributed by atoms with Crippen LogP contribution in [0.2, 0.25) is 0 Å². The summed E-state index contributed by atoms with van der Waals surface area (Å²) in [6, 6.07) is 4.92. The summed E-state index contributed by atoms with van der Waals surface area (Å²) in [5.41, 5.74) is -0.550. The Morgan fingerprint density at radius 1 is 0.857 bits per heavy atom. The van der Waals surface area contributed by atoms with E-state index in [1.807, 2.05) is 0 Å². The topological polar surface area (TPSA) is 146 Å². The summed E-state index contributed by atoms with van der Waals surface area (Å²) in [4.78, 5) is 9.58. The van der Waals surface area contributed by atoms with Crippen molar-refractivity contribution >= 4 is 37.0 Å². The molecule has 0 atom stereocenters. The molecule has 112 valence electrons. The van der Waals surface area contributed by atoms with Gasteiger partial charge in [0.15, 0.2) is 0 Å². The van der Waals surface area contributed by atoms with Crippen molar-refractivity contribution in [3.05, 3.63) is 35.9 Å². The molecule has 0 unspecified atom stereocenters. The molecule has 0 aromatic heterocycles. The van der Waals surface area contributed by atoms with E-state index in [1.54, 1.807) is 0 Å². The summed E-state index contributed by atoms with van der Waals surface area (Å²) < 4.78 is 63.5. The Hall–Kier alpha value is -2.01. The molecule has 21 heavy (non-hydrogen) atoms. The first-order valence-corrected chi connectivity index (χ1v) is 8.15. The van der Waals surface area contributed by atoms with Crippen LogP contribution in [0.5, 0.6) is 0 Å². The summed E-state index contributed by atoms with van der Waals surface area (Å²) in [5.74, 6) is -1.52. The Kier molecular flexibility index (Phi) is 3.49. The fourth-order valence-electron chi connectivity index (χ4n) is 1.89. The Morgan fingerprint density at radius 2 is 1.43 bits per heavy atom. The molecule has 0 bridgehead atoms. The quantitative estimate of drug-likeness (QED) is 0.706. The van der Waals surface area contributed by atoms with Gasteiger partial charge in [-0.1, -0.05) is 12.1 Å². The van der Waals surface area contributed by atoms with Gasteiger partial charge in [-0.25, -0.2) is 4.79 Å². The Labute approximate surface area is 119 Å². The lowest BCUT2D eigenvalue weighted by Crippen LogP contribution is -2.06. The monoisotopic (exact) mass is 332 g/mol. The van der Waals surface area contributed by atoms with Crippen molar-refractivity contribution in [2.75, 3.05) is 0 Å². The highest BCUT2D eigenvalue weighted by Gasteiger charge is 2.22. The van der Waals surface area contributed by atoms with Crippen molar-refractivity contribution < 1.29 is 35.8 Å². The van der Waals surface area contributed by atoms with E-state index in [4.69, 9.17) is 14.2 Å². The molecular formula is C11H8O8S2. The third-order valence-corrected chi connectivity index (χ3v) is 4.53. The molecule has 8 nitrogen and oxygen atoms in total. The van der Waals surface area contributed by atoms with Gasteiger partial charge in [0.1, 0.15) is 9.79 Å². The van der Waals surface area contributed by atoms with E-state index in [-0.39, 0.29) is 10.8 Å². The number of fused-ring (bicyclic) bond motifs is 1. The SMILES string of the molecule is O=C(O)c1cc(S(=O)(=O)O)c2cccc(S(=O)(=O)O)c2c1. The first-order chi connectivity index (χ1) is 9.51. The van der Waals surface area contributed by atoms with E-state index in [0.29, 0.717) is 6.07 Å². The molecule has 0 amide bonds. The average Bonchev–Trinajstić information content (AvgIpc) is 2.34. The maximum Gasteiger partial charge on any atom is 0.335 e. The largest absolute Gasteiger partial charge is 0.478 e. The molecule has 3 N–H and O–H groups in total. The third kappa shape index (κ3) is 2.88. The van der Waals surface area contributed by atoms with Gasteiger partial charge in [0.25, 0.3) is 20.2 Å². The Bertz CT molecular complexity index is 957. The highest BCUT2D eigenvalue weighted by molar-refractivity contribution is 7.86. The van der Waals surface area contributed by atoms with Crippen LogP contribution in [0.3, 0.4) is 0 Å². The van der Waals surface area contributed by atoms with Crippen LogP contribution in [0.1, 0.15) is 10.4 Å². The van der Waals surface area contributed by atoms with Crippen LogP contribution < -0.4 is 0 Å². The molecular weight excluding hydrogens is 324 g/mol. The Balaban J connectivity index is 3.10. The molecule has 0 radical (unpaired) electrons. The van der Waals surface area contributed by atoms with Crippen molar-refractivity contribution in [2.24, 2.45) is 0 Å². The van der Waals surface area contributed by atoms with Crippen LogP contribution in [0.4, 0.5) is 0 Å². The van der Waals surface area contributed by atoms with Gasteiger partial charge in [0.05, 0.1) is 5.56 Å². The lowest BCUT2D eigenvalue weighted by molar-refractivity contribution is 0.0696. The lowest BCUT2D eigenvalue weighted by atomic mass is 10.1. The molecule has 0 heterocycles. The van der Waals surface area contributed by atoms with Crippen molar-refractivity contribution in [3.63, 3.8) is 0 Å². The van der Waals surface area contributed by atoms with E-state index in [0.717, 1.165) is 18.2 Å². The highest BCUT2D eigenvalue weighted by Crippen LogP contribution is 2.30. The fraction of sp³-hybridized carbons (Fsp3) is 0. The molecule has 0 aliphatic heterocycles. The first kappa shape index (κ1) is 15.4. The van der Waals surface area contributed by atoms with E-state index >= 15 is 0 Å². The van der Waals surface area contributed by atoms with Crippen molar-refractivity contribution in [2.45, 2.75) is 9.79 Å². The molecule has 0 saturated carbocycles. The minimum atomic E-state index is -4.79. The normalized spacial score (nSPS) is 12.5. The number of hydrogen-bond acceptors (Lipinski definition) is 5. The number of hydrogen-bond donors (Lipinski definition) is 3. The summed E-state index contributed by atoms with van der Waals surface area (Å²) in [6.45, 7) is 0. The summed E-state index contributed by atoms with van der Waals surface area (Å²) in [7, 11) is -9.49. The van der Waals surface area contributed by atoms with Crippen LogP contribution in [-0.2, 0) is 20.2 Å². The number of benzene rings is 2. The Morgan fingerprint density at radius 3 is 1.90 bits per heavy atom. The number of carboxylic acids is 1. The zero-order chi connectivity index (χ0) is 16.0. The van der Waals surface area contributed by atoms with E-state index < -0.39 is 41.6 Å². The highest BCUT2D eigenvalue weighted by atomic mass is 32.2. The minimum absolute atomic E-state index is 0.224. The molecule has 2 aromatic carbocycles. The van der Waals surface area contributed by atoms with Crippen molar-refractivity contribution in [1.29, 1.82) is 0 Å². The predicted octanol–water partition coefficient (Wildman–Crippen LogP) is 1.03. The van der Waals surface area contributed by atoms with Gasteiger partial charge >= 0.3 is 5.97 Å². The second-order valence-corrected chi connectivity index (χ2v) is 6.86. The van der Waals surface area contributed by atoms with Crippen LogP contribution in [0.25, 0.3) is 10.8 Å². The van der Waals surface area contributed by atoms with Gasteiger partial charge < -0.3 is 5.11 Å². The second-order valence-electron chi connectivity index (χ2n) is 4.08. The van der Waals surface area contributed by atoms with Gasteiger partial charge in [-0.15, -0.1) is 0 Å². The van der Waals surface area contributed by atoms with Gasteiger partial charge in [0, 0.05) is 10.8 Å². The molecule has 10 heteroatoms. The third-order valence-electron chi connectivity index (χ3n) is 2.72. The van der Waals surface area contributed by atoms with Gasteiger partial charge in [-0.3, -0.25) is 9.11 Å². The van der Waals surface area contributed by atoms with Crippen molar-refractivity contribution in [3.8, 4) is 0 Å². The van der Waals surface area contributed by atoms with E-state index in [2.05, 4.69) is 0 Å².